The second kappa shape index (κ2) is 9.36. The molecule has 0 bridgehead atoms. The van der Waals surface area contributed by atoms with Gasteiger partial charge in [-0.1, -0.05) is 11.8 Å². The van der Waals surface area contributed by atoms with Crippen molar-refractivity contribution in [3.63, 3.8) is 0 Å². The van der Waals surface area contributed by atoms with Gasteiger partial charge in [-0.3, -0.25) is 9.36 Å². The molecule has 0 N–H and O–H groups in total. The van der Waals surface area contributed by atoms with Crippen LogP contribution in [0.1, 0.15) is 46.3 Å². The van der Waals surface area contributed by atoms with E-state index < -0.39 is 5.97 Å². The molecule has 9 heteroatoms. The molecule has 160 valence electrons. The van der Waals surface area contributed by atoms with Crippen LogP contribution in [0.3, 0.4) is 0 Å². The van der Waals surface area contributed by atoms with Gasteiger partial charge in [-0.25, -0.2) is 9.78 Å². The fraction of sp³-hybridized carbons (Fsp3) is 0.476. The molecule has 0 spiro atoms. The lowest BCUT2D eigenvalue weighted by atomic mass is 9.97. The molecule has 0 amide bonds. The summed E-state index contributed by atoms with van der Waals surface area (Å²) in [7, 11) is 1.62. The van der Waals surface area contributed by atoms with E-state index >= 15 is 0 Å². The summed E-state index contributed by atoms with van der Waals surface area (Å²) in [6.07, 6.45) is 5.71. The van der Waals surface area contributed by atoms with E-state index in [-0.39, 0.29) is 5.56 Å². The van der Waals surface area contributed by atoms with Gasteiger partial charge in [-0.15, -0.1) is 11.3 Å². The minimum atomic E-state index is -0.409. The molecule has 3 aromatic rings. The first kappa shape index (κ1) is 21.1. The van der Waals surface area contributed by atoms with Crippen LogP contribution in [0, 0.1) is 0 Å². The van der Waals surface area contributed by atoms with E-state index in [1.54, 1.807) is 36.0 Å². The second-order valence-corrected chi connectivity index (χ2v) is 9.03. The first-order chi connectivity index (χ1) is 14.6. The Morgan fingerprint density at radius 1 is 1.37 bits per heavy atom. The first-order valence-electron chi connectivity index (χ1n) is 10.0. The number of carbonyl (C=O) groups is 1. The fourth-order valence-corrected chi connectivity index (χ4v) is 5.96. The number of thiophene rings is 1. The maximum Gasteiger partial charge on any atom is 0.341 e. The topological polar surface area (TPSA) is 83.6 Å². The Kier molecular flexibility index (Phi) is 6.60. The number of rotatable bonds is 8. The maximum atomic E-state index is 13.4. The third kappa shape index (κ3) is 4.06. The molecule has 7 nitrogen and oxygen atoms in total. The van der Waals surface area contributed by atoms with E-state index in [0.29, 0.717) is 42.0 Å². The van der Waals surface area contributed by atoms with Crippen molar-refractivity contribution >= 4 is 39.3 Å². The molecule has 30 heavy (non-hydrogen) atoms. The molecule has 0 aliphatic heterocycles. The Balaban J connectivity index is 1.69. The molecule has 0 radical (unpaired) electrons. The monoisotopic (exact) mass is 448 g/mol. The third-order valence-electron chi connectivity index (χ3n) is 5.13. The van der Waals surface area contributed by atoms with E-state index in [0.717, 1.165) is 35.9 Å². The van der Waals surface area contributed by atoms with Gasteiger partial charge in [0.15, 0.2) is 5.16 Å². The van der Waals surface area contributed by atoms with Crippen LogP contribution in [-0.2, 0) is 34.6 Å². The first-order valence-corrected chi connectivity index (χ1v) is 11.8. The lowest BCUT2D eigenvalue weighted by Crippen LogP contribution is -2.25. The number of aryl methyl sites for hydroxylation is 2. The van der Waals surface area contributed by atoms with Gasteiger partial charge in [-0.05, 0) is 44.2 Å². The fourth-order valence-electron chi connectivity index (χ4n) is 3.68. The second-order valence-electron chi connectivity index (χ2n) is 7.00. The summed E-state index contributed by atoms with van der Waals surface area (Å²) < 4.78 is 17.5. The zero-order valence-corrected chi connectivity index (χ0v) is 18.7. The highest BCUT2D eigenvalue weighted by molar-refractivity contribution is 7.98. The van der Waals surface area contributed by atoms with Gasteiger partial charge < -0.3 is 13.9 Å². The summed E-state index contributed by atoms with van der Waals surface area (Å²) in [5.74, 6) is 0.474. The third-order valence-corrected chi connectivity index (χ3v) is 7.29. The number of nitrogens with zero attached hydrogens (tertiary/aromatic N) is 2. The number of thioether (sulfide) groups is 1. The SMILES string of the molecule is CCOC(=O)c1ccoc1CSc1nc2sc3c(c2c(=O)n1CCOC)CCCC3. The van der Waals surface area contributed by atoms with Crippen molar-refractivity contribution in [3.05, 3.63) is 44.4 Å². The van der Waals surface area contributed by atoms with Gasteiger partial charge >= 0.3 is 5.97 Å². The minimum absolute atomic E-state index is 0.0102. The molecule has 0 unspecified atom stereocenters. The summed E-state index contributed by atoms with van der Waals surface area (Å²) in [5, 5.41) is 1.37. The number of esters is 1. The molecule has 0 atom stereocenters. The van der Waals surface area contributed by atoms with E-state index in [4.69, 9.17) is 18.9 Å². The van der Waals surface area contributed by atoms with Gasteiger partial charge in [-0.2, -0.15) is 0 Å². The number of methoxy groups -OCH3 is 1. The predicted molar refractivity (Wildman–Crippen MR) is 117 cm³/mol. The number of fused-ring (bicyclic) bond motifs is 3. The molecular weight excluding hydrogens is 424 g/mol. The molecule has 1 aliphatic rings. The summed E-state index contributed by atoms with van der Waals surface area (Å²) in [6.45, 7) is 2.91. The average Bonchev–Trinajstić information content (AvgIpc) is 3.36. The van der Waals surface area contributed by atoms with E-state index in [2.05, 4.69) is 0 Å². The van der Waals surface area contributed by atoms with Crippen LogP contribution >= 0.6 is 23.1 Å². The standard InChI is InChI=1S/C21H24N2O5S2/c1-3-27-20(25)13-8-10-28-15(13)12-29-21-22-18-17(19(24)23(21)9-11-26-2)14-6-4-5-7-16(14)30-18/h8,10H,3-7,9,11-12H2,1-2H3. The molecule has 3 heterocycles. The summed E-state index contributed by atoms with van der Waals surface area (Å²) in [5.41, 5.74) is 1.57. The van der Waals surface area contributed by atoms with Crippen LogP contribution in [0.5, 0.6) is 0 Å². The predicted octanol–water partition coefficient (Wildman–Crippen LogP) is 4.05. The van der Waals surface area contributed by atoms with Crippen LogP contribution < -0.4 is 5.56 Å². The summed E-state index contributed by atoms with van der Waals surface area (Å²) >= 11 is 3.01. The molecule has 4 rings (SSSR count). The van der Waals surface area contributed by atoms with E-state index in [1.165, 1.54) is 28.5 Å². The van der Waals surface area contributed by atoms with E-state index in [9.17, 15) is 9.59 Å². The highest BCUT2D eigenvalue weighted by atomic mass is 32.2. The number of carbonyl (C=O) groups excluding carboxylic acids is 1. The highest BCUT2D eigenvalue weighted by Gasteiger charge is 2.23. The molecule has 0 fully saturated rings. The number of aromatic nitrogens is 2. The van der Waals surface area contributed by atoms with Crippen molar-refractivity contribution in [2.75, 3.05) is 20.3 Å². The number of ether oxygens (including phenoxy) is 2. The Morgan fingerprint density at radius 3 is 3.00 bits per heavy atom. The Morgan fingerprint density at radius 2 is 2.20 bits per heavy atom. The molecule has 3 aromatic heterocycles. The molecule has 0 aromatic carbocycles. The van der Waals surface area contributed by atoms with Crippen molar-refractivity contribution < 1.29 is 18.7 Å². The molecule has 1 aliphatic carbocycles. The quantitative estimate of drug-likeness (QED) is 0.292. The number of hydrogen-bond donors (Lipinski definition) is 0. The lowest BCUT2D eigenvalue weighted by Gasteiger charge is -2.13. The van der Waals surface area contributed by atoms with Gasteiger partial charge in [0.1, 0.15) is 16.2 Å². The zero-order valence-electron chi connectivity index (χ0n) is 17.1. The number of hydrogen-bond acceptors (Lipinski definition) is 8. The molecule has 0 saturated carbocycles. The van der Waals surface area contributed by atoms with Crippen LogP contribution in [-0.4, -0.2) is 35.8 Å². The highest BCUT2D eigenvalue weighted by Crippen LogP contribution is 2.35. The van der Waals surface area contributed by atoms with Crippen molar-refractivity contribution in [1.29, 1.82) is 0 Å². The molecule has 0 saturated heterocycles. The lowest BCUT2D eigenvalue weighted by molar-refractivity contribution is 0.0524. The zero-order chi connectivity index (χ0) is 21.1. The van der Waals surface area contributed by atoms with E-state index in [1.807, 2.05) is 0 Å². The van der Waals surface area contributed by atoms with Crippen LogP contribution in [0.15, 0.2) is 26.7 Å². The molecular formula is C21H24N2O5S2. The van der Waals surface area contributed by atoms with Gasteiger partial charge in [0, 0.05) is 12.0 Å². The summed E-state index contributed by atoms with van der Waals surface area (Å²) in [6, 6.07) is 1.61. The van der Waals surface area contributed by atoms with Crippen LogP contribution in [0.25, 0.3) is 10.2 Å². The number of furan rings is 1. The van der Waals surface area contributed by atoms with Gasteiger partial charge in [0.2, 0.25) is 0 Å². The van der Waals surface area contributed by atoms with Crippen molar-refractivity contribution in [1.82, 2.24) is 9.55 Å². The Hall–Kier alpha value is -2.10. The Bertz CT molecular complexity index is 1110. The van der Waals surface area contributed by atoms with Crippen molar-refractivity contribution in [2.24, 2.45) is 0 Å². The maximum absolute atomic E-state index is 13.4. The van der Waals surface area contributed by atoms with Crippen LogP contribution in [0.2, 0.25) is 0 Å². The van der Waals surface area contributed by atoms with Gasteiger partial charge in [0.25, 0.3) is 5.56 Å². The summed E-state index contributed by atoms with van der Waals surface area (Å²) in [4.78, 5) is 32.4. The smallest absolute Gasteiger partial charge is 0.341 e. The van der Waals surface area contributed by atoms with Crippen molar-refractivity contribution in [3.8, 4) is 0 Å². The minimum Gasteiger partial charge on any atom is -0.468 e. The Labute approximate surface area is 182 Å². The largest absolute Gasteiger partial charge is 0.468 e. The van der Waals surface area contributed by atoms with Crippen molar-refractivity contribution in [2.45, 2.75) is 50.1 Å². The normalized spacial score (nSPS) is 13.5. The average molecular weight is 449 g/mol. The van der Waals surface area contributed by atoms with Gasteiger partial charge in [0.05, 0.1) is 37.2 Å². The van der Waals surface area contributed by atoms with Crippen LogP contribution in [0.4, 0.5) is 0 Å².